The second-order valence-corrected chi connectivity index (χ2v) is 3.74. The molecule has 0 bridgehead atoms. The Morgan fingerprint density at radius 1 is 1.40 bits per heavy atom. The molecule has 0 saturated heterocycles. The Bertz CT molecular complexity index is 466. The second kappa shape index (κ2) is 4.08. The number of nitrogens with zero attached hydrogens (tertiary/aromatic N) is 2. The van der Waals surface area contributed by atoms with Gasteiger partial charge in [-0.15, -0.1) is 0 Å². The molecule has 0 atom stereocenters. The van der Waals surface area contributed by atoms with Gasteiger partial charge in [0, 0.05) is 10.0 Å². The normalized spacial score (nSPS) is 10.6. The molecule has 1 aromatic carbocycles. The molecule has 6 heteroatoms. The summed E-state index contributed by atoms with van der Waals surface area (Å²) in [5.41, 5.74) is 0.491. The summed E-state index contributed by atoms with van der Waals surface area (Å²) in [5, 5.41) is 12.3. The molecule has 4 nitrogen and oxygen atoms in total. The van der Waals surface area contributed by atoms with E-state index in [1.807, 2.05) is 0 Å². The van der Waals surface area contributed by atoms with Gasteiger partial charge in [-0.3, -0.25) is 0 Å². The van der Waals surface area contributed by atoms with Crippen molar-refractivity contribution >= 4 is 15.9 Å². The Hall–Kier alpha value is -1.27. The molecule has 15 heavy (non-hydrogen) atoms. The first kappa shape index (κ1) is 10.3. The molecule has 2 rings (SSSR count). The summed E-state index contributed by atoms with van der Waals surface area (Å²) < 4.78 is 18.3. The van der Waals surface area contributed by atoms with E-state index in [0.29, 0.717) is 10.0 Å². The van der Waals surface area contributed by atoms with Crippen molar-refractivity contribution in [2.24, 2.45) is 0 Å². The van der Waals surface area contributed by atoms with Crippen LogP contribution < -0.4 is 0 Å². The molecule has 1 heterocycles. The van der Waals surface area contributed by atoms with E-state index in [-0.39, 0.29) is 18.3 Å². The standard InChI is InChI=1S/C9H6BrFN2O2/c10-6-1-5(2-7(11)3-6)9-12-8(4-14)15-13-9/h1-3,14H,4H2. The number of hydrogen-bond acceptors (Lipinski definition) is 4. The van der Waals surface area contributed by atoms with Crippen molar-refractivity contribution in [3.63, 3.8) is 0 Å². The van der Waals surface area contributed by atoms with Crippen molar-refractivity contribution < 1.29 is 14.0 Å². The highest BCUT2D eigenvalue weighted by Crippen LogP contribution is 2.22. The molecule has 0 amide bonds. The Balaban J connectivity index is 2.44. The van der Waals surface area contributed by atoms with Crippen molar-refractivity contribution in [2.45, 2.75) is 6.61 Å². The van der Waals surface area contributed by atoms with Crippen LogP contribution in [0.5, 0.6) is 0 Å². The van der Waals surface area contributed by atoms with Gasteiger partial charge >= 0.3 is 0 Å². The fraction of sp³-hybridized carbons (Fsp3) is 0.111. The van der Waals surface area contributed by atoms with E-state index >= 15 is 0 Å². The van der Waals surface area contributed by atoms with Gasteiger partial charge in [-0.1, -0.05) is 21.1 Å². The Labute approximate surface area is 92.9 Å². The van der Waals surface area contributed by atoms with E-state index in [4.69, 9.17) is 9.63 Å². The van der Waals surface area contributed by atoms with Crippen LogP contribution in [0.15, 0.2) is 27.2 Å². The first-order chi connectivity index (χ1) is 7.19. The van der Waals surface area contributed by atoms with Gasteiger partial charge in [0.05, 0.1) is 0 Å². The van der Waals surface area contributed by atoms with E-state index < -0.39 is 5.82 Å². The predicted octanol–water partition coefficient (Wildman–Crippen LogP) is 2.13. The highest BCUT2D eigenvalue weighted by molar-refractivity contribution is 9.10. The summed E-state index contributed by atoms with van der Waals surface area (Å²) in [7, 11) is 0. The quantitative estimate of drug-likeness (QED) is 0.910. The van der Waals surface area contributed by atoms with Gasteiger partial charge in [-0.25, -0.2) is 4.39 Å². The van der Waals surface area contributed by atoms with Gasteiger partial charge in [-0.2, -0.15) is 4.98 Å². The van der Waals surface area contributed by atoms with E-state index in [9.17, 15) is 4.39 Å². The van der Waals surface area contributed by atoms with E-state index in [0.717, 1.165) is 0 Å². The second-order valence-electron chi connectivity index (χ2n) is 2.83. The van der Waals surface area contributed by atoms with E-state index in [1.165, 1.54) is 12.1 Å². The molecule has 0 unspecified atom stereocenters. The molecular weight excluding hydrogens is 267 g/mol. The number of aliphatic hydroxyl groups is 1. The van der Waals surface area contributed by atoms with Crippen LogP contribution in [0.25, 0.3) is 11.4 Å². The molecule has 0 aliphatic heterocycles. The number of hydrogen-bond donors (Lipinski definition) is 1. The van der Waals surface area contributed by atoms with Gasteiger partial charge in [0.1, 0.15) is 12.4 Å². The largest absolute Gasteiger partial charge is 0.387 e. The minimum atomic E-state index is -0.394. The highest BCUT2D eigenvalue weighted by Gasteiger charge is 2.09. The fourth-order valence-electron chi connectivity index (χ4n) is 1.12. The molecule has 0 aliphatic carbocycles. The van der Waals surface area contributed by atoms with Gasteiger partial charge in [0.15, 0.2) is 0 Å². The lowest BCUT2D eigenvalue weighted by Gasteiger charge is -1.96. The summed E-state index contributed by atoms with van der Waals surface area (Å²) in [4.78, 5) is 3.87. The monoisotopic (exact) mass is 272 g/mol. The molecule has 0 saturated carbocycles. The van der Waals surface area contributed by atoms with Gasteiger partial charge < -0.3 is 9.63 Å². The lowest BCUT2D eigenvalue weighted by Crippen LogP contribution is -1.85. The summed E-state index contributed by atoms with van der Waals surface area (Å²) >= 11 is 3.16. The van der Waals surface area contributed by atoms with Crippen LogP contribution in [0, 0.1) is 5.82 Å². The maximum absolute atomic E-state index is 13.0. The van der Waals surface area contributed by atoms with E-state index in [2.05, 4.69) is 26.1 Å². The smallest absolute Gasteiger partial charge is 0.252 e. The Kier molecular flexibility index (Phi) is 2.79. The minimum Gasteiger partial charge on any atom is -0.387 e. The van der Waals surface area contributed by atoms with Crippen LogP contribution in [-0.4, -0.2) is 15.2 Å². The number of aliphatic hydroxyl groups excluding tert-OH is 1. The average molecular weight is 273 g/mol. The lowest BCUT2D eigenvalue weighted by atomic mass is 10.2. The first-order valence-electron chi connectivity index (χ1n) is 4.09. The van der Waals surface area contributed by atoms with Crippen LogP contribution in [0.3, 0.4) is 0 Å². The SMILES string of the molecule is OCc1nc(-c2cc(F)cc(Br)c2)no1. The summed E-state index contributed by atoms with van der Waals surface area (Å²) in [6.45, 7) is -0.330. The minimum absolute atomic E-state index is 0.102. The van der Waals surface area contributed by atoms with Crippen LogP contribution in [0.2, 0.25) is 0 Å². The fourth-order valence-corrected chi connectivity index (χ4v) is 1.58. The van der Waals surface area contributed by atoms with Crippen molar-refractivity contribution in [3.05, 3.63) is 34.4 Å². The van der Waals surface area contributed by atoms with Crippen LogP contribution in [0.1, 0.15) is 5.89 Å². The summed E-state index contributed by atoms with van der Waals surface area (Å²) in [5.74, 6) is -0.0423. The number of aromatic nitrogens is 2. The maximum Gasteiger partial charge on any atom is 0.252 e. The summed E-state index contributed by atoms with van der Waals surface area (Å²) in [6.07, 6.45) is 0. The molecule has 1 aromatic heterocycles. The molecule has 0 radical (unpaired) electrons. The molecule has 78 valence electrons. The maximum atomic E-state index is 13.0. The highest BCUT2D eigenvalue weighted by atomic mass is 79.9. The average Bonchev–Trinajstić information content (AvgIpc) is 2.64. The molecule has 2 aromatic rings. The van der Waals surface area contributed by atoms with E-state index in [1.54, 1.807) is 6.07 Å². The number of halogens is 2. The third-order valence-electron chi connectivity index (χ3n) is 1.72. The molecule has 0 fully saturated rings. The lowest BCUT2D eigenvalue weighted by molar-refractivity contribution is 0.222. The van der Waals surface area contributed by atoms with Crippen molar-refractivity contribution in [2.75, 3.05) is 0 Å². The van der Waals surface area contributed by atoms with Crippen molar-refractivity contribution in [3.8, 4) is 11.4 Å². The first-order valence-corrected chi connectivity index (χ1v) is 4.88. The predicted molar refractivity (Wildman–Crippen MR) is 53.3 cm³/mol. The Morgan fingerprint density at radius 2 is 2.20 bits per heavy atom. The topological polar surface area (TPSA) is 59.2 Å². The summed E-state index contributed by atoms with van der Waals surface area (Å²) in [6, 6.07) is 4.28. The van der Waals surface area contributed by atoms with Crippen molar-refractivity contribution in [1.82, 2.24) is 10.1 Å². The molecule has 0 spiro atoms. The molecule has 1 N–H and O–H groups in total. The Morgan fingerprint density at radius 3 is 2.80 bits per heavy atom. The molecular formula is C9H6BrFN2O2. The number of rotatable bonds is 2. The van der Waals surface area contributed by atoms with Gasteiger partial charge in [0.2, 0.25) is 5.82 Å². The third kappa shape index (κ3) is 2.21. The number of benzene rings is 1. The van der Waals surface area contributed by atoms with Gasteiger partial charge in [-0.05, 0) is 18.2 Å². The zero-order valence-electron chi connectivity index (χ0n) is 7.44. The zero-order chi connectivity index (χ0) is 10.8. The van der Waals surface area contributed by atoms with Crippen LogP contribution >= 0.6 is 15.9 Å². The van der Waals surface area contributed by atoms with Gasteiger partial charge in [0.25, 0.3) is 5.89 Å². The van der Waals surface area contributed by atoms with Crippen LogP contribution in [-0.2, 0) is 6.61 Å². The molecule has 0 aliphatic rings. The van der Waals surface area contributed by atoms with Crippen molar-refractivity contribution in [1.29, 1.82) is 0 Å². The van der Waals surface area contributed by atoms with Crippen LogP contribution in [0.4, 0.5) is 4.39 Å². The zero-order valence-corrected chi connectivity index (χ0v) is 9.03. The third-order valence-corrected chi connectivity index (χ3v) is 2.18.